The molecule has 0 bridgehead atoms. The number of aromatic carboxylic acids is 1. The molecule has 16 heteroatoms. The Labute approximate surface area is 343 Å². The van der Waals surface area contributed by atoms with E-state index in [4.69, 9.17) is 21.3 Å². The molecule has 0 saturated carbocycles. The van der Waals surface area contributed by atoms with Crippen molar-refractivity contribution in [3.63, 3.8) is 0 Å². The van der Waals surface area contributed by atoms with E-state index in [1.54, 1.807) is 18.4 Å². The second-order valence-electron chi connectivity index (χ2n) is 14.7. The first-order valence-corrected chi connectivity index (χ1v) is 21.1. The number of aliphatic carboxylic acids is 1. The van der Waals surface area contributed by atoms with E-state index in [9.17, 15) is 38.7 Å². The molecular formula is C42H69N6O10. The average Bonchev–Trinajstić information content (AvgIpc) is 3.20. The lowest BCUT2D eigenvalue weighted by Gasteiger charge is -2.15. The quantitative estimate of drug-likeness (QED) is 0.0443. The highest BCUT2D eigenvalue weighted by Crippen LogP contribution is 2.14. The number of nitrogens with two attached hydrogens (primary N) is 2. The van der Waals surface area contributed by atoms with Crippen molar-refractivity contribution in [3.8, 4) is 5.75 Å². The van der Waals surface area contributed by atoms with Gasteiger partial charge in [0.05, 0.1) is 24.3 Å². The van der Waals surface area contributed by atoms with Crippen LogP contribution >= 0.6 is 0 Å². The zero-order chi connectivity index (χ0) is 42.8. The summed E-state index contributed by atoms with van der Waals surface area (Å²) in [6.45, 7) is 2.02. The second kappa shape index (κ2) is 33.4. The standard InChI is InChI=1S/C42H69N6O10/c43-33(31-49)17-11-14-29-47-40(53)35(44)18-12-15-28-46-38(51)26-25-36(42(56)57)48-39(52)20-10-6-4-7-13-27-45-37(50)19-9-5-2-1-3-8-16-30-58-34-23-21-32(22-24-34)41(54)55/h21-24,33,35-36H,1-20,25-30,43-44H2,(H,45,50)(H,46,51)(H,47,53)(H,48,52)(H,54,55)(H,56,57)/t33-,35-,36-/m0/s1. The van der Waals surface area contributed by atoms with Gasteiger partial charge in [-0.1, -0.05) is 51.4 Å². The maximum absolute atomic E-state index is 12.4. The maximum atomic E-state index is 12.4. The third kappa shape index (κ3) is 27.9. The van der Waals surface area contributed by atoms with Gasteiger partial charge in [-0.3, -0.25) is 24.0 Å². The van der Waals surface area contributed by atoms with Crippen LogP contribution in [0.25, 0.3) is 0 Å². The fraction of sp³-hybridized carbons (Fsp3) is 0.690. The van der Waals surface area contributed by atoms with Crippen molar-refractivity contribution in [2.75, 3.05) is 26.2 Å². The van der Waals surface area contributed by atoms with Crippen molar-refractivity contribution in [1.82, 2.24) is 21.3 Å². The normalized spacial score (nSPS) is 12.4. The van der Waals surface area contributed by atoms with E-state index in [1.165, 1.54) is 12.1 Å². The van der Waals surface area contributed by atoms with Crippen molar-refractivity contribution in [2.24, 2.45) is 11.5 Å². The summed E-state index contributed by atoms with van der Waals surface area (Å²) in [6, 6.07) is 3.97. The Balaban J connectivity index is 1.97. The van der Waals surface area contributed by atoms with E-state index in [2.05, 4.69) is 21.3 Å². The highest BCUT2D eigenvalue weighted by atomic mass is 16.5. The van der Waals surface area contributed by atoms with Gasteiger partial charge in [-0.15, -0.1) is 0 Å². The fourth-order valence-electron chi connectivity index (χ4n) is 6.04. The lowest BCUT2D eigenvalue weighted by molar-refractivity contribution is -0.142. The van der Waals surface area contributed by atoms with Crippen LogP contribution in [0, 0.1) is 0 Å². The van der Waals surface area contributed by atoms with Gasteiger partial charge in [0.15, 0.2) is 0 Å². The number of hydrogen-bond acceptors (Lipinski definition) is 10. The van der Waals surface area contributed by atoms with Gasteiger partial charge in [0.2, 0.25) is 29.9 Å². The number of carbonyl (C=O) groups excluding carboxylic acids is 5. The Bertz CT molecular complexity index is 1350. The molecule has 0 spiro atoms. The Morgan fingerprint density at radius 3 is 1.67 bits per heavy atom. The minimum absolute atomic E-state index is 0.0304. The van der Waals surface area contributed by atoms with Crippen LogP contribution in [0.4, 0.5) is 0 Å². The molecule has 0 heterocycles. The molecule has 0 aromatic heterocycles. The van der Waals surface area contributed by atoms with Crippen LogP contribution in [0.3, 0.4) is 0 Å². The number of carboxylic acid groups (broad SMARTS) is 2. The number of nitrogens with one attached hydrogen (secondary N) is 4. The second-order valence-corrected chi connectivity index (χ2v) is 14.7. The Morgan fingerprint density at radius 1 is 0.586 bits per heavy atom. The summed E-state index contributed by atoms with van der Waals surface area (Å²) in [4.78, 5) is 81.8. The van der Waals surface area contributed by atoms with Crippen molar-refractivity contribution in [2.45, 2.75) is 159 Å². The summed E-state index contributed by atoms with van der Waals surface area (Å²) < 4.78 is 5.66. The Kier molecular flexibility index (Phi) is 29.6. The van der Waals surface area contributed by atoms with Crippen LogP contribution in [0.1, 0.15) is 152 Å². The molecule has 0 saturated heterocycles. The van der Waals surface area contributed by atoms with Crippen molar-refractivity contribution in [3.05, 3.63) is 29.8 Å². The third-order valence-electron chi connectivity index (χ3n) is 9.61. The molecular weight excluding hydrogens is 748 g/mol. The molecule has 1 rings (SSSR count). The van der Waals surface area contributed by atoms with Gasteiger partial charge in [-0.2, -0.15) is 0 Å². The number of amides is 4. The largest absolute Gasteiger partial charge is 0.494 e. The van der Waals surface area contributed by atoms with Crippen LogP contribution in [-0.4, -0.2) is 96.4 Å². The van der Waals surface area contributed by atoms with Crippen LogP contribution in [0.2, 0.25) is 0 Å². The minimum atomic E-state index is -1.20. The van der Waals surface area contributed by atoms with Gasteiger partial charge in [0, 0.05) is 38.9 Å². The van der Waals surface area contributed by atoms with E-state index < -0.39 is 30.1 Å². The maximum Gasteiger partial charge on any atom is 0.335 e. The van der Waals surface area contributed by atoms with Crippen LogP contribution in [0.5, 0.6) is 5.75 Å². The molecule has 10 N–H and O–H groups in total. The Morgan fingerprint density at radius 2 is 1.09 bits per heavy atom. The molecule has 16 nitrogen and oxygen atoms in total. The first-order chi connectivity index (χ1) is 27.9. The number of carbonyl (C=O) groups is 6. The molecule has 3 atom stereocenters. The summed E-state index contributed by atoms with van der Waals surface area (Å²) >= 11 is 0. The molecule has 4 amide bonds. The molecule has 0 aliphatic heterocycles. The molecule has 0 unspecified atom stereocenters. The zero-order valence-corrected chi connectivity index (χ0v) is 34.2. The fourth-order valence-corrected chi connectivity index (χ4v) is 6.04. The minimum Gasteiger partial charge on any atom is -0.494 e. The van der Waals surface area contributed by atoms with Gasteiger partial charge >= 0.3 is 11.9 Å². The number of unbranched alkanes of at least 4 members (excludes halogenated alkanes) is 12. The Hall–Kier alpha value is -4.57. The number of ether oxygens (including phenoxy) is 1. The van der Waals surface area contributed by atoms with Crippen LogP contribution in [-0.2, 0) is 28.8 Å². The molecule has 58 heavy (non-hydrogen) atoms. The molecule has 1 radical (unpaired) electrons. The predicted molar refractivity (Wildman–Crippen MR) is 221 cm³/mol. The monoisotopic (exact) mass is 818 g/mol. The highest BCUT2D eigenvalue weighted by molar-refractivity contribution is 5.87. The number of benzene rings is 1. The first-order valence-electron chi connectivity index (χ1n) is 21.1. The van der Waals surface area contributed by atoms with Crippen LogP contribution in [0.15, 0.2) is 24.3 Å². The van der Waals surface area contributed by atoms with Crippen molar-refractivity contribution >= 4 is 41.9 Å². The molecule has 0 fully saturated rings. The average molecular weight is 818 g/mol. The van der Waals surface area contributed by atoms with E-state index in [0.29, 0.717) is 83.4 Å². The summed E-state index contributed by atoms with van der Waals surface area (Å²) in [7, 11) is 0. The number of hydrogen-bond donors (Lipinski definition) is 8. The molecule has 327 valence electrons. The summed E-state index contributed by atoms with van der Waals surface area (Å²) in [6.07, 6.45) is 17.2. The van der Waals surface area contributed by atoms with Crippen molar-refractivity contribution in [1.29, 1.82) is 0 Å². The van der Waals surface area contributed by atoms with Gasteiger partial charge in [0.1, 0.15) is 11.8 Å². The predicted octanol–water partition coefficient (Wildman–Crippen LogP) is 4.03. The topological polar surface area (TPSA) is 269 Å². The van der Waals surface area contributed by atoms with Crippen LogP contribution < -0.4 is 37.5 Å². The third-order valence-corrected chi connectivity index (χ3v) is 9.61. The smallest absolute Gasteiger partial charge is 0.335 e. The van der Waals surface area contributed by atoms with Gasteiger partial charge < -0.3 is 47.7 Å². The highest BCUT2D eigenvalue weighted by Gasteiger charge is 2.21. The van der Waals surface area contributed by atoms with Gasteiger partial charge in [0.25, 0.3) is 0 Å². The number of carboxylic acids is 2. The van der Waals surface area contributed by atoms with E-state index >= 15 is 0 Å². The first kappa shape index (κ1) is 51.4. The lowest BCUT2D eigenvalue weighted by Crippen LogP contribution is -2.41. The number of rotatable bonds is 37. The molecule has 1 aromatic rings. The van der Waals surface area contributed by atoms with Gasteiger partial charge in [-0.25, -0.2) is 9.59 Å². The molecule has 1 aromatic carbocycles. The molecule has 0 aliphatic rings. The SMILES string of the molecule is N[C@H]([C]=O)CCCCNC(=O)[C@@H](N)CCCCNC(=O)CC[C@H](NC(=O)CCCCCCCNC(=O)CCCCCCCCCOc1ccc(C(=O)O)cc1)C(=O)O. The van der Waals surface area contributed by atoms with E-state index in [-0.39, 0.29) is 48.5 Å². The molecule has 0 aliphatic carbocycles. The summed E-state index contributed by atoms with van der Waals surface area (Å²) in [5.41, 5.74) is 11.6. The summed E-state index contributed by atoms with van der Waals surface area (Å²) in [5, 5.41) is 29.4. The lowest BCUT2D eigenvalue weighted by atomic mass is 10.1. The van der Waals surface area contributed by atoms with E-state index in [0.717, 1.165) is 70.6 Å². The zero-order valence-electron chi connectivity index (χ0n) is 34.2. The summed E-state index contributed by atoms with van der Waals surface area (Å²) in [5.74, 6) is -2.36. The van der Waals surface area contributed by atoms with Crippen molar-refractivity contribution < 1.29 is 48.5 Å². The van der Waals surface area contributed by atoms with E-state index in [1.807, 2.05) is 0 Å². The van der Waals surface area contributed by atoms with Gasteiger partial charge in [-0.05, 0) is 94.9 Å².